The minimum absolute atomic E-state index is 0.177. The molecule has 4 aromatic rings. The van der Waals surface area contributed by atoms with Gasteiger partial charge in [0.25, 0.3) is 15.6 Å². The lowest BCUT2D eigenvalue weighted by Gasteiger charge is -2.12. The Morgan fingerprint density at radius 1 is 1.11 bits per heavy atom. The predicted molar refractivity (Wildman–Crippen MR) is 136 cm³/mol. The van der Waals surface area contributed by atoms with Crippen LogP contribution < -0.4 is 10.9 Å². The molecule has 0 atom stereocenters. The van der Waals surface area contributed by atoms with E-state index in [-0.39, 0.29) is 34.5 Å². The van der Waals surface area contributed by atoms with Crippen molar-refractivity contribution >= 4 is 32.7 Å². The van der Waals surface area contributed by atoms with Crippen molar-refractivity contribution in [3.63, 3.8) is 0 Å². The van der Waals surface area contributed by atoms with E-state index in [2.05, 4.69) is 15.3 Å². The highest BCUT2D eigenvalue weighted by Crippen LogP contribution is 2.28. The molecule has 0 aliphatic carbocycles. The van der Waals surface area contributed by atoms with Crippen LogP contribution >= 0.6 is 0 Å². The fourth-order valence-corrected chi connectivity index (χ4v) is 5.41. The molecular weight excluding hydrogens is 464 g/mol. The van der Waals surface area contributed by atoms with Crippen LogP contribution in [0.15, 0.2) is 64.4 Å². The minimum Gasteiger partial charge on any atom is -0.321 e. The molecule has 0 saturated carbocycles. The van der Waals surface area contributed by atoms with E-state index in [0.29, 0.717) is 28.9 Å². The van der Waals surface area contributed by atoms with E-state index in [9.17, 15) is 18.0 Å². The Morgan fingerprint density at radius 3 is 2.46 bits per heavy atom. The van der Waals surface area contributed by atoms with Gasteiger partial charge in [-0.25, -0.2) is 17.4 Å². The molecule has 0 bridgehead atoms. The Balaban J connectivity index is 1.84. The lowest BCUT2D eigenvalue weighted by Crippen LogP contribution is -2.23. The first-order chi connectivity index (χ1) is 16.6. The number of fused-ring (bicyclic) bond motifs is 1. The molecule has 0 radical (unpaired) electrons. The number of nitrogens with zero attached hydrogens (tertiary/aromatic N) is 2. The van der Waals surface area contributed by atoms with E-state index >= 15 is 0 Å². The van der Waals surface area contributed by atoms with Gasteiger partial charge < -0.3 is 10.3 Å². The van der Waals surface area contributed by atoms with Crippen LogP contribution in [0.2, 0.25) is 0 Å². The van der Waals surface area contributed by atoms with Gasteiger partial charge in [0.1, 0.15) is 5.69 Å². The summed E-state index contributed by atoms with van der Waals surface area (Å²) in [6.07, 6.45) is 2.21. The number of nitrogens with one attached hydrogen (secondary N) is 2. The maximum absolute atomic E-state index is 13.5. The van der Waals surface area contributed by atoms with Crippen LogP contribution in [0.1, 0.15) is 43.3 Å². The number of benzene rings is 2. The lowest BCUT2D eigenvalue weighted by atomic mass is 10.1. The van der Waals surface area contributed by atoms with E-state index in [1.165, 1.54) is 10.9 Å². The van der Waals surface area contributed by atoms with Crippen molar-refractivity contribution in [1.82, 2.24) is 13.9 Å². The smallest absolute Gasteiger partial charge is 0.270 e. The first-order valence-corrected chi connectivity index (χ1v) is 12.8. The molecule has 182 valence electrons. The number of hydrogen-bond acceptors (Lipinski definition) is 5. The number of H-pyrrole nitrogens is 1. The summed E-state index contributed by atoms with van der Waals surface area (Å²) in [7, 11) is -3.85. The van der Waals surface area contributed by atoms with Crippen LogP contribution in [-0.4, -0.2) is 28.3 Å². The van der Waals surface area contributed by atoms with Crippen molar-refractivity contribution in [2.24, 2.45) is 5.92 Å². The van der Waals surface area contributed by atoms with Gasteiger partial charge >= 0.3 is 0 Å². The lowest BCUT2D eigenvalue weighted by molar-refractivity contribution is -0.114. The number of aromatic nitrogens is 3. The van der Waals surface area contributed by atoms with Gasteiger partial charge in [0.15, 0.2) is 5.82 Å². The van der Waals surface area contributed by atoms with Gasteiger partial charge in [-0.2, -0.15) is 0 Å². The highest BCUT2D eigenvalue weighted by Gasteiger charge is 2.22. The average Bonchev–Trinajstić information content (AvgIpc) is 3.16. The highest BCUT2D eigenvalue weighted by molar-refractivity contribution is 7.90. The van der Waals surface area contributed by atoms with Crippen LogP contribution in [0.4, 0.5) is 5.82 Å². The molecule has 0 aliphatic rings. The Hall–Kier alpha value is -3.72. The molecule has 9 heteroatoms. The molecule has 8 nitrogen and oxygen atoms in total. The zero-order valence-electron chi connectivity index (χ0n) is 20.1. The van der Waals surface area contributed by atoms with Crippen molar-refractivity contribution in [3.05, 3.63) is 87.6 Å². The number of rotatable bonds is 7. The van der Waals surface area contributed by atoms with Crippen LogP contribution in [0.3, 0.4) is 0 Å². The SMILES string of the molecule is CC(=O)Nc1nc(CC(C)C)c(=O)[nH]c1Cc1cn(S(=O)(=O)c2ccc(C)cc2)c2ccccc12. The summed E-state index contributed by atoms with van der Waals surface area (Å²) < 4.78 is 28.2. The first-order valence-electron chi connectivity index (χ1n) is 11.4. The number of hydrogen-bond donors (Lipinski definition) is 2. The van der Waals surface area contributed by atoms with Gasteiger partial charge in [-0.1, -0.05) is 49.7 Å². The molecule has 2 aromatic carbocycles. The number of aryl methyl sites for hydroxylation is 1. The second kappa shape index (κ2) is 9.50. The van der Waals surface area contributed by atoms with E-state index in [0.717, 1.165) is 10.9 Å². The fourth-order valence-electron chi connectivity index (χ4n) is 4.02. The van der Waals surface area contributed by atoms with E-state index < -0.39 is 10.0 Å². The van der Waals surface area contributed by atoms with Crippen molar-refractivity contribution in [3.8, 4) is 0 Å². The Bertz CT molecular complexity index is 1570. The van der Waals surface area contributed by atoms with Gasteiger partial charge in [0, 0.05) is 24.9 Å². The van der Waals surface area contributed by atoms with Gasteiger partial charge in [0.05, 0.1) is 16.1 Å². The van der Waals surface area contributed by atoms with E-state index in [1.54, 1.807) is 42.6 Å². The summed E-state index contributed by atoms with van der Waals surface area (Å²) in [6.45, 7) is 7.24. The molecule has 1 amide bonds. The molecule has 0 aliphatic heterocycles. The number of aromatic amines is 1. The first kappa shape index (κ1) is 24.4. The predicted octanol–water partition coefficient (Wildman–Crippen LogP) is 4.02. The second-order valence-corrected chi connectivity index (χ2v) is 10.9. The number of anilines is 1. The molecule has 0 saturated heterocycles. The van der Waals surface area contributed by atoms with Crippen molar-refractivity contribution in [1.29, 1.82) is 0 Å². The van der Waals surface area contributed by atoms with Crippen LogP contribution in [0.25, 0.3) is 10.9 Å². The standard InChI is InChI=1S/C26H28N4O4S/c1-16(2)13-23-26(32)29-22(25(28-23)27-18(4)31)14-19-15-30(24-8-6-5-7-21(19)24)35(33,34)20-11-9-17(3)10-12-20/h5-12,15-16H,13-14H2,1-4H3,(H,29,32)(H,27,28,31). The van der Waals surface area contributed by atoms with Gasteiger partial charge in [-0.3, -0.25) is 9.59 Å². The van der Waals surface area contributed by atoms with Crippen LogP contribution in [-0.2, 0) is 27.7 Å². The summed E-state index contributed by atoms with van der Waals surface area (Å²) in [4.78, 5) is 32.0. The maximum atomic E-state index is 13.5. The molecule has 0 spiro atoms. The molecule has 35 heavy (non-hydrogen) atoms. The van der Waals surface area contributed by atoms with Gasteiger partial charge in [-0.15, -0.1) is 0 Å². The van der Waals surface area contributed by atoms with E-state index in [1.807, 2.05) is 32.9 Å². The molecule has 2 aromatic heterocycles. The summed E-state index contributed by atoms with van der Waals surface area (Å²) in [5.41, 5.74) is 2.60. The zero-order chi connectivity index (χ0) is 25.3. The fraction of sp³-hybridized carbons (Fsp3) is 0.269. The molecule has 4 rings (SSSR count). The zero-order valence-corrected chi connectivity index (χ0v) is 20.9. The molecule has 0 unspecified atom stereocenters. The monoisotopic (exact) mass is 492 g/mol. The van der Waals surface area contributed by atoms with Crippen molar-refractivity contribution in [2.45, 2.75) is 45.4 Å². The van der Waals surface area contributed by atoms with Gasteiger partial charge in [0.2, 0.25) is 5.91 Å². The number of para-hydroxylation sites is 1. The summed E-state index contributed by atoms with van der Waals surface area (Å²) in [5, 5.41) is 3.43. The van der Waals surface area contributed by atoms with Gasteiger partial charge in [-0.05, 0) is 43.0 Å². The second-order valence-electron chi connectivity index (χ2n) is 9.08. The minimum atomic E-state index is -3.85. The normalized spacial score (nSPS) is 11.8. The molecule has 2 heterocycles. The topological polar surface area (TPSA) is 114 Å². The maximum Gasteiger partial charge on any atom is 0.270 e. The molecule has 2 N–H and O–H groups in total. The van der Waals surface area contributed by atoms with E-state index in [4.69, 9.17) is 0 Å². The summed E-state index contributed by atoms with van der Waals surface area (Å²) in [5.74, 6) is 0.168. The van der Waals surface area contributed by atoms with Crippen molar-refractivity contribution < 1.29 is 13.2 Å². The number of amides is 1. The third-order valence-corrected chi connectivity index (χ3v) is 7.35. The van der Waals surface area contributed by atoms with Crippen LogP contribution in [0.5, 0.6) is 0 Å². The third-order valence-electron chi connectivity index (χ3n) is 5.66. The Labute approximate surface area is 204 Å². The largest absolute Gasteiger partial charge is 0.321 e. The summed E-state index contributed by atoms with van der Waals surface area (Å²) >= 11 is 0. The molecular formula is C26H28N4O4S. The van der Waals surface area contributed by atoms with Crippen molar-refractivity contribution in [2.75, 3.05) is 5.32 Å². The quantitative estimate of drug-likeness (QED) is 0.405. The average molecular weight is 493 g/mol. The third kappa shape index (κ3) is 5.05. The highest BCUT2D eigenvalue weighted by atomic mass is 32.2. The summed E-state index contributed by atoms with van der Waals surface area (Å²) in [6, 6.07) is 13.9. The molecule has 0 fully saturated rings. The Morgan fingerprint density at radius 2 is 1.80 bits per heavy atom. The number of carbonyl (C=O) groups is 1. The van der Waals surface area contributed by atoms with Crippen LogP contribution in [0, 0.1) is 12.8 Å². The number of carbonyl (C=O) groups excluding carboxylic acids is 1. The Kier molecular flexibility index (Phi) is 6.62.